The molecule has 0 unspecified atom stereocenters. The summed E-state index contributed by atoms with van der Waals surface area (Å²) < 4.78 is 14.8. The van der Waals surface area contributed by atoms with Crippen LogP contribution in [0.15, 0.2) is 29.1 Å². The lowest BCUT2D eigenvalue weighted by Crippen LogP contribution is -2.31. The van der Waals surface area contributed by atoms with Crippen molar-refractivity contribution in [1.82, 2.24) is 10.0 Å². The summed E-state index contributed by atoms with van der Waals surface area (Å²) in [6.45, 7) is 1.40. The van der Waals surface area contributed by atoms with Gasteiger partial charge in [0.25, 0.3) is 11.5 Å². The summed E-state index contributed by atoms with van der Waals surface area (Å²) in [7, 11) is 1.35. The van der Waals surface area contributed by atoms with Crippen LogP contribution >= 0.6 is 34.2 Å². The summed E-state index contributed by atoms with van der Waals surface area (Å²) in [5.74, 6) is -1.22. The average Bonchev–Trinajstić information content (AvgIpc) is 2.57. The molecule has 7 nitrogen and oxygen atoms in total. The van der Waals surface area contributed by atoms with E-state index in [1.165, 1.54) is 26.1 Å². The SMILES string of the molecule is C[C@H](O)CON(C)C(=O)c1cc(Cl)c(=O)[nH]c1Nc1ccc(I)cc1F. The molecule has 0 spiro atoms. The Balaban J connectivity index is 2.38. The van der Waals surface area contributed by atoms with Gasteiger partial charge in [-0.1, -0.05) is 11.6 Å². The molecular weight excluding hydrogens is 480 g/mol. The Morgan fingerprint density at radius 2 is 2.19 bits per heavy atom. The second kappa shape index (κ2) is 8.80. The summed E-state index contributed by atoms with van der Waals surface area (Å²) >= 11 is 7.78. The molecule has 0 fully saturated rings. The number of hydroxylamine groups is 2. The first-order valence-electron chi connectivity index (χ1n) is 7.43. The lowest BCUT2D eigenvalue weighted by molar-refractivity contribution is -0.127. The fourth-order valence-corrected chi connectivity index (χ4v) is 2.56. The molecule has 2 aromatic rings. The molecular formula is C16H16ClFIN3O4. The predicted octanol–water partition coefficient (Wildman–Crippen LogP) is 2.90. The fourth-order valence-electron chi connectivity index (χ4n) is 1.95. The maximum atomic E-state index is 14.1. The summed E-state index contributed by atoms with van der Waals surface area (Å²) in [4.78, 5) is 31.9. The van der Waals surface area contributed by atoms with Crippen molar-refractivity contribution in [2.45, 2.75) is 13.0 Å². The second-order valence-corrected chi connectivity index (χ2v) is 7.08. The highest BCUT2D eigenvalue weighted by Crippen LogP contribution is 2.24. The number of aromatic nitrogens is 1. The molecule has 0 aliphatic carbocycles. The van der Waals surface area contributed by atoms with Crippen molar-refractivity contribution in [3.05, 3.63) is 54.6 Å². The first-order valence-corrected chi connectivity index (χ1v) is 8.88. The van der Waals surface area contributed by atoms with Crippen molar-refractivity contribution in [1.29, 1.82) is 0 Å². The van der Waals surface area contributed by atoms with E-state index in [1.807, 2.05) is 22.6 Å². The molecule has 10 heteroatoms. The second-order valence-electron chi connectivity index (χ2n) is 5.43. The Kier molecular flexibility index (Phi) is 6.98. The van der Waals surface area contributed by atoms with E-state index in [9.17, 15) is 19.1 Å². The summed E-state index contributed by atoms with van der Waals surface area (Å²) in [6.07, 6.45) is -0.775. The van der Waals surface area contributed by atoms with Gasteiger partial charge in [0.05, 0.1) is 17.4 Å². The first kappa shape index (κ1) is 20.6. The van der Waals surface area contributed by atoms with Crippen molar-refractivity contribution in [3.8, 4) is 0 Å². The Morgan fingerprint density at radius 3 is 2.81 bits per heavy atom. The highest BCUT2D eigenvalue weighted by molar-refractivity contribution is 14.1. The number of amides is 1. The fraction of sp³-hybridized carbons (Fsp3) is 0.250. The molecule has 3 N–H and O–H groups in total. The van der Waals surface area contributed by atoms with Crippen LogP contribution in [-0.4, -0.2) is 40.8 Å². The van der Waals surface area contributed by atoms with Crippen LogP contribution in [-0.2, 0) is 4.84 Å². The maximum absolute atomic E-state index is 14.1. The Bertz CT molecular complexity index is 875. The van der Waals surface area contributed by atoms with Crippen LogP contribution in [0.25, 0.3) is 0 Å². The van der Waals surface area contributed by atoms with Crippen LogP contribution in [0.1, 0.15) is 17.3 Å². The molecule has 140 valence electrons. The van der Waals surface area contributed by atoms with Crippen molar-refractivity contribution >= 4 is 51.6 Å². The lowest BCUT2D eigenvalue weighted by Gasteiger charge is -2.20. The van der Waals surface area contributed by atoms with Gasteiger partial charge in [-0.15, -0.1) is 0 Å². The zero-order chi connectivity index (χ0) is 19.4. The minimum Gasteiger partial charge on any atom is -0.391 e. The molecule has 1 aromatic carbocycles. The third-order valence-electron chi connectivity index (χ3n) is 3.21. The van der Waals surface area contributed by atoms with Gasteiger partial charge in [0.2, 0.25) is 0 Å². The first-order chi connectivity index (χ1) is 12.2. The Labute approximate surface area is 167 Å². The smallest absolute Gasteiger partial charge is 0.280 e. The number of H-pyrrole nitrogens is 1. The average molecular weight is 496 g/mol. The number of hydrogen-bond donors (Lipinski definition) is 3. The number of nitrogens with one attached hydrogen (secondary N) is 2. The van der Waals surface area contributed by atoms with Gasteiger partial charge in [0.1, 0.15) is 23.3 Å². The number of pyridine rings is 1. The normalized spacial score (nSPS) is 11.9. The Morgan fingerprint density at radius 1 is 1.50 bits per heavy atom. The molecule has 0 saturated carbocycles. The number of anilines is 2. The third-order valence-corrected chi connectivity index (χ3v) is 4.16. The minimum atomic E-state index is -0.775. The molecule has 0 aliphatic heterocycles. The van der Waals surface area contributed by atoms with Crippen LogP contribution < -0.4 is 10.9 Å². The van der Waals surface area contributed by atoms with Gasteiger partial charge in [-0.05, 0) is 53.8 Å². The zero-order valence-electron chi connectivity index (χ0n) is 13.8. The van der Waals surface area contributed by atoms with Crippen LogP contribution in [0, 0.1) is 9.39 Å². The number of aromatic amines is 1. The van der Waals surface area contributed by atoms with E-state index in [2.05, 4.69) is 10.3 Å². The highest BCUT2D eigenvalue weighted by atomic mass is 127. The summed E-state index contributed by atoms with van der Waals surface area (Å²) in [5.41, 5.74) is -0.588. The van der Waals surface area contributed by atoms with Gasteiger partial charge >= 0.3 is 0 Å². The monoisotopic (exact) mass is 495 g/mol. The molecule has 0 saturated heterocycles. The topological polar surface area (TPSA) is 94.7 Å². The quantitative estimate of drug-likeness (QED) is 0.423. The van der Waals surface area contributed by atoms with E-state index < -0.39 is 23.4 Å². The minimum absolute atomic E-state index is 0.0272. The molecule has 2 rings (SSSR count). The summed E-state index contributed by atoms with van der Waals surface area (Å²) in [6, 6.07) is 5.61. The lowest BCUT2D eigenvalue weighted by atomic mass is 10.2. The standard InChI is InChI=1S/C16H16ClFIN3O4/c1-8(23)7-26-22(2)16(25)10-6-11(17)15(24)21-14(10)20-13-4-3-9(19)5-12(13)18/h3-6,8,23H,7H2,1-2H3,(H2,20,21,24)/t8-/m0/s1. The number of hydrogen-bond acceptors (Lipinski definition) is 5. The number of nitrogens with zero attached hydrogens (tertiary/aromatic N) is 1. The van der Waals surface area contributed by atoms with E-state index in [-0.39, 0.29) is 28.7 Å². The van der Waals surface area contributed by atoms with Crippen molar-refractivity contribution in [2.24, 2.45) is 0 Å². The van der Waals surface area contributed by atoms with Gasteiger partial charge < -0.3 is 15.4 Å². The molecule has 0 bridgehead atoms. The Hall–Kier alpha value is -1.69. The molecule has 1 amide bonds. The van der Waals surface area contributed by atoms with E-state index in [1.54, 1.807) is 6.07 Å². The van der Waals surface area contributed by atoms with E-state index in [4.69, 9.17) is 16.4 Å². The molecule has 26 heavy (non-hydrogen) atoms. The number of halogens is 3. The van der Waals surface area contributed by atoms with Crippen LogP contribution in [0.5, 0.6) is 0 Å². The van der Waals surface area contributed by atoms with Crippen molar-refractivity contribution < 1.29 is 19.1 Å². The molecule has 1 heterocycles. The number of aliphatic hydroxyl groups excluding tert-OH is 1. The van der Waals surface area contributed by atoms with Gasteiger partial charge in [0, 0.05) is 10.6 Å². The van der Waals surface area contributed by atoms with Crippen LogP contribution in [0.3, 0.4) is 0 Å². The highest BCUT2D eigenvalue weighted by Gasteiger charge is 2.20. The van der Waals surface area contributed by atoms with Gasteiger partial charge in [-0.25, -0.2) is 9.45 Å². The van der Waals surface area contributed by atoms with Gasteiger partial charge in [-0.2, -0.15) is 0 Å². The van der Waals surface area contributed by atoms with Gasteiger partial charge in [-0.3, -0.25) is 14.4 Å². The number of benzene rings is 1. The van der Waals surface area contributed by atoms with E-state index in [0.29, 0.717) is 3.57 Å². The van der Waals surface area contributed by atoms with Crippen molar-refractivity contribution in [3.63, 3.8) is 0 Å². The largest absolute Gasteiger partial charge is 0.391 e. The molecule has 1 aromatic heterocycles. The van der Waals surface area contributed by atoms with Crippen molar-refractivity contribution in [2.75, 3.05) is 19.0 Å². The predicted molar refractivity (Wildman–Crippen MR) is 104 cm³/mol. The molecule has 1 atom stereocenters. The summed E-state index contributed by atoms with van der Waals surface area (Å²) in [5, 5.41) is 12.6. The number of rotatable bonds is 6. The zero-order valence-corrected chi connectivity index (χ0v) is 16.8. The van der Waals surface area contributed by atoms with E-state index >= 15 is 0 Å². The maximum Gasteiger partial charge on any atom is 0.280 e. The third kappa shape index (κ3) is 5.16. The molecule has 0 aliphatic rings. The van der Waals surface area contributed by atoms with Crippen LogP contribution in [0.2, 0.25) is 5.02 Å². The number of carbonyl (C=O) groups is 1. The number of aliphatic hydroxyl groups is 1. The number of carbonyl (C=O) groups excluding carboxylic acids is 1. The molecule has 0 radical (unpaired) electrons. The van der Waals surface area contributed by atoms with Crippen LogP contribution in [0.4, 0.5) is 15.9 Å². The van der Waals surface area contributed by atoms with E-state index in [0.717, 1.165) is 11.1 Å². The van der Waals surface area contributed by atoms with Gasteiger partial charge in [0.15, 0.2) is 0 Å².